The summed E-state index contributed by atoms with van der Waals surface area (Å²) in [5.74, 6) is -0.837. The smallest absolute Gasteiger partial charge is 0.317 e. The van der Waals surface area contributed by atoms with Crippen LogP contribution < -0.4 is 5.32 Å². The molecule has 0 bridgehead atoms. The summed E-state index contributed by atoms with van der Waals surface area (Å²) >= 11 is 0. The summed E-state index contributed by atoms with van der Waals surface area (Å²) in [5.41, 5.74) is 0.0210. The van der Waals surface area contributed by atoms with Crippen LogP contribution in [0.1, 0.15) is 40.5 Å². The van der Waals surface area contributed by atoms with Crippen LogP contribution >= 0.6 is 0 Å². The molecule has 5 nitrogen and oxygen atoms in total. The quantitative estimate of drug-likeness (QED) is 0.726. The lowest BCUT2D eigenvalue weighted by atomic mass is 9.87. The number of urea groups is 1. The summed E-state index contributed by atoms with van der Waals surface area (Å²) in [4.78, 5) is 23.7. The molecule has 100 valence electrons. The summed E-state index contributed by atoms with van der Waals surface area (Å²) in [6, 6.07) is -0.0419. The number of nitrogens with zero attached hydrogens (tertiary/aromatic N) is 1. The molecule has 0 spiro atoms. The van der Waals surface area contributed by atoms with Crippen molar-refractivity contribution in [3.8, 4) is 0 Å². The van der Waals surface area contributed by atoms with E-state index in [1.807, 2.05) is 6.92 Å². The number of rotatable bonds is 5. The van der Waals surface area contributed by atoms with Crippen LogP contribution in [0.15, 0.2) is 0 Å². The van der Waals surface area contributed by atoms with E-state index in [-0.39, 0.29) is 23.9 Å². The van der Waals surface area contributed by atoms with Crippen molar-refractivity contribution in [3.05, 3.63) is 0 Å². The van der Waals surface area contributed by atoms with Gasteiger partial charge in [0.2, 0.25) is 0 Å². The minimum atomic E-state index is -0.837. The van der Waals surface area contributed by atoms with E-state index in [1.54, 1.807) is 11.9 Å². The van der Waals surface area contributed by atoms with Crippen molar-refractivity contribution >= 4 is 12.0 Å². The van der Waals surface area contributed by atoms with Gasteiger partial charge in [0.15, 0.2) is 0 Å². The Kier molecular flexibility index (Phi) is 5.99. The number of carboxylic acids is 1. The highest BCUT2D eigenvalue weighted by Crippen LogP contribution is 2.22. The summed E-state index contributed by atoms with van der Waals surface area (Å²) < 4.78 is 0. The molecule has 0 aromatic carbocycles. The number of aliphatic carboxylic acids is 1. The molecule has 0 aliphatic rings. The van der Waals surface area contributed by atoms with Gasteiger partial charge in [0.05, 0.1) is 0 Å². The first-order valence-electron chi connectivity index (χ1n) is 5.88. The molecular weight excluding hydrogens is 220 g/mol. The van der Waals surface area contributed by atoms with Gasteiger partial charge in [-0.2, -0.15) is 0 Å². The molecule has 17 heavy (non-hydrogen) atoms. The largest absolute Gasteiger partial charge is 0.481 e. The zero-order chi connectivity index (χ0) is 13.6. The summed E-state index contributed by atoms with van der Waals surface area (Å²) in [7, 11) is 1.75. The van der Waals surface area contributed by atoms with Crippen molar-refractivity contribution in [2.45, 2.75) is 46.6 Å². The van der Waals surface area contributed by atoms with Gasteiger partial charge in [0.25, 0.3) is 0 Å². The van der Waals surface area contributed by atoms with Gasteiger partial charge in [-0.15, -0.1) is 0 Å². The lowest BCUT2D eigenvalue weighted by molar-refractivity contribution is -0.137. The molecule has 0 saturated carbocycles. The van der Waals surface area contributed by atoms with Gasteiger partial charge in [-0.05, 0) is 18.8 Å². The predicted octanol–water partition coefficient (Wildman–Crippen LogP) is 1.93. The zero-order valence-electron chi connectivity index (χ0n) is 11.4. The van der Waals surface area contributed by atoms with E-state index < -0.39 is 5.97 Å². The molecule has 5 heteroatoms. The maximum atomic E-state index is 11.7. The molecule has 0 saturated heterocycles. The SMILES string of the molecule is CC(N(C)C(=O)NCCCC(=O)O)C(C)(C)C. The normalized spacial score (nSPS) is 13.0. The van der Waals surface area contributed by atoms with Gasteiger partial charge >= 0.3 is 12.0 Å². The third-order valence-corrected chi connectivity index (χ3v) is 3.00. The summed E-state index contributed by atoms with van der Waals surface area (Å²) in [5, 5.41) is 11.2. The average molecular weight is 244 g/mol. The standard InChI is InChI=1S/C12H24N2O3/c1-9(12(2,3)4)14(5)11(17)13-8-6-7-10(15)16/h9H,6-8H2,1-5H3,(H,13,17)(H,15,16). The topological polar surface area (TPSA) is 69.6 Å². The van der Waals surface area contributed by atoms with Crippen molar-refractivity contribution in [2.75, 3.05) is 13.6 Å². The van der Waals surface area contributed by atoms with Crippen molar-refractivity contribution in [1.29, 1.82) is 0 Å². The van der Waals surface area contributed by atoms with Crippen LogP contribution in [0.2, 0.25) is 0 Å². The lowest BCUT2D eigenvalue weighted by Gasteiger charge is -2.35. The first-order valence-corrected chi connectivity index (χ1v) is 5.88. The van der Waals surface area contributed by atoms with Crippen LogP contribution in [-0.2, 0) is 4.79 Å². The Labute approximate surface area is 103 Å². The molecule has 1 atom stereocenters. The fraction of sp³-hybridized carbons (Fsp3) is 0.833. The Morgan fingerprint density at radius 3 is 2.29 bits per heavy atom. The number of carboxylic acid groups (broad SMARTS) is 1. The average Bonchev–Trinajstić information content (AvgIpc) is 2.20. The number of carbonyl (C=O) groups is 2. The second-order valence-electron chi connectivity index (χ2n) is 5.38. The van der Waals surface area contributed by atoms with Crippen molar-refractivity contribution in [1.82, 2.24) is 10.2 Å². The van der Waals surface area contributed by atoms with Gasteiger partial charge in [0, 0.05) is 26.1 Å². The van der Waals surface area contributed by atoms with Gasteiger partial charge in [-0.25, -0.2) is 4.79 Å². The second kappa shape index (κ2) is 6.47. The summed E-state index contributed by atoms with van der Waals surface area (Å²) in [6.45, 7) is 8.62. The molecule has 0 fully saturated rings. The van der Waals surface area contributed by atoms with Crippen LogP contribution in [0.4, 0.5) is 4.79 Å². The van der Waals surface area contributed by atoms with Gasteiger partial charge in [0.1, 0.15) is 0 Å². The number of carbonyl (C=O) groups excluding carboxylic acids is 1. The van der Waals surface area contributed by atoms with Crippen molar-refractivity contribution < 1.29 is 14.7 Å². The minimum absolute atomic E-state index is 0.0210. The number of hydrogen-bond donors (Lipinski definition) is 2. The summed E-state index contributed by atoms with van der Waals surface area (Å²) in [6.07, 6.45) is 0.539. The molecule has 2 amide bonds. The van der Waals surface area contributed by atoms with Gasteiger partial charge < -0.3 is 15.3 Å². The highest BCUT2D eigenvalue weighted by atomic mass is 16.4. The highest BCUT2D eigenvalue weighted by Gasteiger charge is 2.26. The van der Waals surface area contributed by atoms with E-state index >= 15 is 0 Å². The van der Waals surface area contributed by atoms with E-state index in [9.17, 15) is 9.59 Å². The molecule has 0 aliphatic carbocycles. The first kappa shape index (κ1) is 15.7. The van der Waals surface area contributed by atoms with E-state index in [0.717, 1.165) is 0 Å². The van der Waals surface area contributed by atoms with E-state index in [2.05, 4.69) is 26.1 Å². The first-order chi connectivity index (χ1) is 7.66. The zero-order valence-corrected chi connectivity index (χ0v) is 11.4. The lowest BCUT2D eigenvalue weighted by Crippen LogP contribution is -2.47. The highest BCUT2D eigenvalue weighted by molar-refractivity contribution is 5.74. The molecule has 0 heterocycles. The van der Waals surface area contributed by atoms with Crippen LogP contribution in [0.3, 0.4) is 0 Å². The molecule has 0 aliphatic heterocycles. The van der Waals surface area contributed by atoms with Crippen LogP contribution in [0.25, 0.3) is 0 Å². The Balaban J connectivity index is 4.02. The Hall–Kier alpha value is -1.26. The fourth-order valence-corrected chi connectivity index (χ4v) is 1.32. The maximum absolute atomic E-state index is 11.7. The monoisotopic (exact) mass is 244 g/mol. The Bertz CT molecular complexity index is 271. The minimum Gasteiger partial charge on any atom is -0.481 e. The number of nitrogens with one attached hydrogen (secondary N) is 1. The van der Waals surface area contributed by atoms with Gasteiger partial charge in [-0.1, -0.05) is 20.8 Å². The Morgan fingerprint density at radius 1 is 1.35 bits per heavy atom. The van der Waals surface area contributed by atoms with Crippen LogP contribution in [0.5, 0.6) is 0 Å². The molecule has 0 rings (SSSR count). The van der Waals surface area contributed by atoms with Crippen LogP contribution in [-0.4, -0.2) is 41.6 Å². The van der Waals surface area contributed by atoms with E-state index in [0.29, 0.717) is 13.0 Å². The molecule has 2 N–H and O–H groups in total. The van der Waals surface area contributed by atoms with Crippen molar-refractivity contribution in [3.63, 3.8) is 0 Å². The molecule has 0 radical (unpaired) electrons. The fourth-order valence-electron chi connectivity index (χ4n) is 1.32. The Morgan fingerprint density at radius 2 is 1.88 bits per heavy atom. The molecule has 1 unspecified atom stereocenters. The number of amides is 2. The van der Waals surface area contributed by atoms with Crippen LogP contribution in [0, 0.1) is 5.41 Å². The maximum Gasteiger partial charge on any atom is 0.317 e. The van der Waals surface area contributed by atoms with E-state index in [4.69, 9.17) is 5.11 Å². The predicted molar refractivity (Wildman–Crippen MR) is 66.9 cm³/mol. The third kappa shape index (κ3) is 6.14. The molecule has 0 aromatic heterocycles. The van der Waals surface area contributed by atoms with E-state index in [1.165, 1.54) is 0 Å². The second-order valence-corrected chi connectivity index (χ2v) is 5.38. The number of hydrogen-bond acceptors (Lipinski definition) is 2. The van der Waals surface area contributed by atoms with Gasteiger partial charge in [-0.3, -0.25) is 4.79 Å². The van der Waals surface area contributed by atoms with Crippen molar-refractivity contribution in [2.24, 2.45) is 5.41 Å². The molecular formula is C12H24N2O3. The molecule has 0 aromatic rings. The third-order valence-electron chi connectivity index (χ3n) is 3.00.